The lowest BCUT2D eigenvalue weighted by Gasteiger charge is -2.40. The highest BCUT2D eigenvalue weighted by molar-refractivity contribution is 6.23. The predicted octanol–water partition coefficient (Wildman–Crippen LogP) is 3.00. The summed E-state index contributed by atoms with van der Waals surface area (Å²) in [6, 6.07) is 0. The van der Waals surface area contributed by atoms with Gasteiger partial charge in [-0.15, -0.1) is 0 Å². The van der Waals surface area contributed by atoms with Crippen LogP contribution in [0.3, 0.4) is 0 Å². The van der Waals surface area contributed by atoms with Crippen LogP contribution in [0.25, 0.3) is 0 Å². The molecular formula is C15H20O4. The Morgan fingerprint density at radius 1 is 0.947 bits per heavy atom. The number of aliphatic hydroxyl groups is 2. The molecule has 0 aliphatic heterocycles. The zero-order valence-corrected chi connectivity index (χ0v) is 11.8. The lowest BCUT2D eigenvalue weighted by atomic mass is 9.62. The molecule has 2 aliphatic carbocycles. The van der Waals surface area contributed by atoms with Gasteiger partial charge in [0.05, 0.1) is 5.57 Å². The molecule has 1 atom stereocenters. The Balaban J connectivity index is 2.63. The second-order valence-corrected chi connectivity index (χ2v) is 6.43. The fourth-order valence-electron chi connectivity index (χ4n) is 3.27. The van der Waals surface area contributed by atoms with Crippen LogP contribution in [0.4, 0.5) is 0 Å². The summed E-state index contributed by atoms with van der Waals surface area (Å²) >= 11 is 0. The Kier molecular flexibility index (Phi) is 2.88. The van der Waals surface area contributed by atoms with Crippen LogP contribution in [0.2, 0.25) is 0 Å². The molecule has 1 saturated carbocycles. The van der Waals surface area contributed by atoms with Gasteiger partial charge in [-0.3, -0.25) is 9.59 Å². The fraction of sp³-hybridized carbons (Fsp3) is 0.600. The number of hydrogen-bond acceptors (Lipinski definition) is 4. The normalized spacial score (nSPS) is 31.4. The van der Waals surface area contributed by atoms with Gasteiger partial charge >= 0.3 is 0 Å². The van der Waals surface area contributed by atoms with Gasteiger partial charge in [0.15, 0.2) is 11.5 Å². The molecule has 0 bridgehead atoms. The molecule has 0 saturated heterocycles. The molecule has 2 N–H and O–H groups in total. The van der Waals surface area contributed by atoms with Crippen molar-refractivity contribution in [1.29, 1.82) is 0 Å². The average Bonchev–Trinajstić information content (AvgIpc) is 2.59. The first-order chi connectivity index (χ1) is 8.63. The maximum atomic E-state index is 12.3. The molecular weight excluding hydrogens is 244 g/mol. The first-order valence-corrected chi connectivity index (χ1v) is 6.56. The maximum Gasteiger partial charge on any atom is 0.228 e. The van der Waals surface area contributed by atoms with E-state index in [1.165, 1.54) is 6.92 Å². The van der Waals surface area contributed by atoms with E-state index in [9.17, 15) is 19.8 Å². The van der Waals surface area contributed by atoms with E-state index in [1.807, 2.05) is 20.8 Å². The lowest BCUT2D eigenvalue weighted by molar-refractivity contribution is -0.121. The highest BCUT2D eigenvalue weighted by Crippen LogP contribution is 2.58. The SMILES string of the molecule is CC1=C(O)C(=O)C([C@@]2(C)CCCC2(C)C)=C(O)C1=O. The number of carbonyl (C=O) groups excluding carboxylic acids is 2. The van der Waals surface area contributed by atoms with E-state index < -0.39 is 28.5 Å². The van der Waals surface area contributed by atoms with Gasteiger partial charge in [0.25, 0.3) is 0 Å². The molecule has 0 unspecified atom stereocenters. The number of allylic oxidation sites excluding steroid dienone is 2. The second kappa shape index (κ2) is 3.95. The van der Waals surface area contributed by atoms with E-state index in [1.54, 1.807) is 0 Å². The van der Waals surface area contributed by atoms with Crippen LogP contribution in [0, 0.1) is 10.8 Å². The molecule has 1 fully saturated rings. The second-order valence-electron chi connectivity index (χ2n) is 6.43. The van der Waals surface area contributed by atoms with E-state index in [-0.39, 0.29) is 16.6 Å². The third-order valence-electron chi connectivity index (χ3n) is 5.11. The summed E-state index contributed by atoms with van der Waals surface area (Å²) in [5.74, 6) is -2.26. The van der Waals surface area contributed by atoms with Crippen molar-refractivity contribution in [2.45, 2.75) is 47.0 Å². The molecule has 0 aromatic carbocycles. The van der Waals surface area contributed by atoms with Crippen molar-refractivity contribution in [2.75, 3.05) is 0 Å². The highest BCUT2D eigenvalue weighted by Gasteiger charge is 2.53. The van der Waals surface area contributed by atoms with Gasteiger partial charge in [-0.05, 0) is 25.2 Å². The molecule has 0 radical (unpaired) electrons. The highest BCUT2D eigenvalue weighted by atomic mass is 16.3. The van der Waals surface area contributed by atoms with Gasteiger partial charge in [-0.25, -0.2) is 0 Å². The van der Waals surface area contributed by atoms with Crippen molar-refractivity contribution in [1.82, 2.24) is 0 Å². The number of rotatable bonds is 1. The smallest absolute Gasteiger partial charge is 0.228 e. The fourth-order valence-corrected chi connectivity index (χ4v) is 3.27. The molecule has 0 aromatic heterocycles. The molecule has 0 amide bonds. The van der Waals surface area contributed by atoms with Crippen molar-refractivity contribution in [2.24, 2.45) is 10.8 Å². The van der Waals surface area contributed by atoms with Crippen molar-refractivity contribution >= 4 is 11.6 Å². The van der Waals surface area contributed by atoms with Crippen LogP contribution in [0.5, 0.6) is 0 Å². The summed E-state index contributed by atoms with van der Waals surface area (Å²) in [4.78, 5) is 24.2. The summed E-state index contributed by atoms with van der Waals surface area (Å²) in [5, 5.41) is 19.9. The van der Waals surface area contributed by atoms with E-state index >= 15 is 0 Å². The summed E-state index contributed by atoms with van der Waals surface area (Å²) in [6.07, 6.45) is 2.58. The topological polar surface area (TPSA) is 74.6 Å². The van der Waals surface area contributed by atoms with E-state index in [0.29, 0.717) is 0 Å². The molecule has 0 spiro atoms. The first-order valence-electron chi connectivity index (χ1n) is 6.56. The number of ketones is 2. The number of aliphatic hydroxyl groups excluding tert-OH is 2. The minimum atomic E-state index is -0.643. The molecule has 4 heteroatoms. The zero-order valence-electron chi connectivity index (χ0n) is 11.8. The Labute approximate surface area is 112 Å². The summed E-state index contributed by atoms with van der Waals surface area (Å²) in [7, 11) is 0. The van der Waals surface area contributed by atoms with Crippen LogP contribution in [-0.2, 0) is 9.59 Å². The van der Waals surface area contributed by atoms with Gasteiger partial charge < -0.3 is 10.2 Å². The van der Waals surface area contributed by atoms with Crippen LogP contribution in [0.1, 0.15) is 47.0 Å². The summed E-state index contributed by atoms with van der Waals surface area (Å²) < 4.78 is 0. The molecule has 2 aliphatic rings. The third kappa shape index (κ3) is 1.66. The van der Waals surface area contributed by atoms with Crippen LogP contribution in [-0.4, -0.2) is 21.8 Å². The van der Waals surface area contributed by atoms with Gasteiger partial charge in [0.2, 0.25) is 11.6 Å². The van der Waals surface area contributed by atoms with Crippen LogP contribution >= 0.6 is 0 Å². The van der Waals surface area contributed by atoms with Crippen LogP contribution in [0.15, 0.2) is 22.7 Å². The number of hydrogen-bond donors (Lipinski definition) is 2. The third-order valence-corrected chi connectivity index (χ3v) is 5.11. The quantitative estimate of drug-likeness (QED) is 0.714. The number of carbonyl (C=O) groups is 2. The van der Waals surface area contributed by atoms with E-state index in [0.717, 1.165) is 19.3 Å². The largest absolute Gasteiger partial charge is 0.504 e. The van der Waals surface area contributed by atoms with E-state index in [4.69, 9.17) is 0 Å². The Morgan fingerprint density at radius 3 is 2.00 bits per heavy atom. The Bertz CT molecular complexity index is 536. The maximum absolute atomic E-state index is 12.3. The average molecular weight is 264 g/mol. The van der Waals surface area contributed by atoms with Crippen molar-refractivity contribution in [3.8, 4) is 0 Å². The molecule has 0 heterocycles. The van der Waals surface area contributed by atoms with Crippen LogP contribution < -0.4 is 0 Å². The molecule has 19 heavy (non-hydrogen) atoms. The monoisotopic (exact) mass is 264 g/mol. The predicted molar refractivity (Wildman–Crippen MR) is 70.7 cm³/mol. The van der Waals surface area contributed by atoms with Crippen molar-refractivity contribution in [3.63, 3.8) is 0 Å². The molecule has 0 aromatic rings. The summed E-state index contributed by atoms with van der Waals surface area (Å²) in [6.45, 7) is 7.30. The Hall–Kier alpha value is -1.58. The zero-order chi connectivity index (χ0) is 14.6. The van der Waals surface area contributed by atoms with Crippen molar-refractivity contribution in [3.05, 3.63) is 22.7 Å². The molecule has 4 nitrogen and oxygen atoms in total. The lowest BCUT2D eigenvalue weighted by Crippen LogP contribution is -2.39. The van der Waals surface area contributed by atoms with Gasteiger partial charge in [-0.2, -0.15) is 0 Å². The number of Topliss-reactive ketones (excluding diaryl/α,β-unsaturated/α-hetero) is 2. The molecule has 2 rings (SSSR count). The van der Waals surface area contributed by atoms with E-state index in [2.05, 4.69) is 0 Å². The minimum absolute atomic E-state index is 0.0781. The minimum Gasteiger partial charge on any atom is -0.504 e. The summed E-state index contributed by atoms with van der Waals surface area (Å²) in [5.41, 5.74) is -0.773. The van der Waals surface area contributed by atoms with Gasteiger partial charge in [0.1, 0.15) is 0 Å². The van der Waals surface area contributed by atoms with Gasteiger partial charge in [0, 0.05) is 11.0 Å². The van der Waals surface area contributed by atoms with Crippen molar-refractivity contribution < 1.29 is 19.8 Å². The van der Waals surface area contributed by atoms with Gasteiger partial charge in [-0.1, -0.05) is 27.2 Å². The Morgan fingerprint density at radius 2 is 1.53 bits per heavy atom. The standard InChI is InChI=1S/C15H20O4/c1-8-10(16)12(18)9(13(19)11(8)17)15(4)7-5-6-14(15,2)3/h16,19H,5-7H2,1-4H3/t15-/m1/s1. The first kappa shape index (κ1) is 13.8. The molecule has 104 valence electrons.